The highest BCUT2D eigenvalue weighted by atomic mass is 16.5. The second-order valence-corrected chi connectivity index (χ2v) is 6.18. The summed E-state index contributed by atoms with van der Waals surface area (Å²) in [6.45, 7) is 3.72. The minimum atomic E-state index is -0.0159. The van der Waals surface area contributed by atoms with Crippen molar-refractivity contribution in [1.29, 1.82) is 0 Å². The van der Waals surface area contributed by atoms with E-state index in [2.05, 4.69) is 10.6 Å². The van der Waals surface area contributed by atoms with E-state index in [0.29, 0.717) is 17.5 Å². The lowest BCUT2D eigenvalue weighted by molar-refractivity contribution is -0.230. The number of nitrogens with one attached hydrogen (secondary N) is 2. The fourth-order valence-corrected chi connectivity index (χ4v) is 3.68. The quantitative estimate of drug-likeness (QED) is 0.618. The van der Waals surface area contributed by atoms with Crippen molar-refractivity contribution in [2.45, 2.75) is 43.5 Å². The molecule has 90 valence electrons. The van der Waals surface area contributed by atoms with Crippen LogP contribution >= 0.6 is 0 Å². The first kappa shape index (κ1) is 9.83. The summed E-state index contributed by atoms with van der Waals surface area (Å²) in [5, 5.41) is 7.35. The average molecular weight is 224 g/mol. The monoisotopic (exact) mass is 224 g/mol. The number of hydrogen-bond acceptors (Lipinski definition) is 4. The Morgan fingerprint density at radius 3 is 2.25 bits per heavy atom. The van der Waals surface area contributed by atoms with Gasteiger partial charge in [0.05, 0.1) is 25.2 Å². The van der Waals surface area contributed by atoms with Crippen molar-refractivity contribution < 1.29 is 9.47 Å². The molecule has 2 bridgehead atoms. The summed E-state index contributed by atoms with van der Waals surface area (Å²) in [6, 6.07) is 1.36. The molecule has 2 N–H and O–H groups in total. The molecule has 0 radical (unpaired) electrons. The Bertz CT molecular complexity index is 279. The van der Waals surface area contributed by atoms with Gasteiger partial charge in [0.25, 0.3) is 0 Å². The van der Waals surface area contributed by atoms with E-state index >= 15 is 0 Å². The van der Waals surface area contributed by atoms with Crippen LogP contribution in [0, 0.1) is 5.41 Å². The van der Waals surface area contributed by atoms with Gasteiger partial charge in [0.15, 0.2) is 0 Å². The van der Waals surface area contributed by atoms with Crippen LogP contribution in [0.2, 0.25) is 0 Å². The van der Waals surface area contributed by atoms with Crippen molar-refractivity contribution in [3.8, 4) is 0 Å². The molecular formula is C12H20N2O2. The van der Waals surface area contributed by atoms with Gasteiger partial charge in [0.1, 0.15) is 5.72 Å². The predicted molar refractivity (Wildman–Crippen MR) is 59.1 cm³/mol. The Labute approximate surface area is 96.1 Å². The number of fused-ring (bicyclic) bond motifs is 2. The fraction of sp³-hybridized carbons (Fsp3) is 1.00. The smallest absolute Gasteiger partial charge is 0.122 e. The van der Waals surface area contributed by atoms with Crippen LogP contribution in [-0.4, -0.2) is 44.2 Å². The molecule has 2 spiro atoms. The van der Waals surface area contributed by atoms with Gasteiger partial charge < -0.3 is 14.8 Å². The van der Waals surface area contributed by atoms with Gasteiger partial charge in [0.2, 0.25) is 0 Å². The van der Waals surface area contributed by atoms with Gasteiger partial charge in [-0.3, -0.25) is 5.32 Å². The highest BCUT2D eigenvalue weighted by Crippen LogP contribution is 2.40. The predicted octanol–water partition coefficient (Wildman–Crippen LogP) is 0.234. The van der Waals surface area contributed by atoms with Gasteiger partial charge in [-0.15, -0.1) is 0 Å². The number of hydrogen-bond donors (Lipinski definition) is 2. The van der Waals surface area contributed by atoms with Crippen LogP contribution in [0.15, 0.2) is 0 Å². The minimum absolute atomic E-state index is 0.0159. The zero-order valence-corrected chi connectivity index (χ0v) is 9.63. The summed E-state index contributed by atoms with van der Waals surface area (Å²) in [4.78, 5) is 0. The van der Waals surface area contributed by atoms with Crippen molar-refractivity contribution in [2.24, 2.45) is 5.41 Å². The SMILES string of the molecule is C1CC2CC3(CC1N2)NCC1(COC1)CO3. The molecule has 0 aliphatic carbocycles. The third kappa shape index (κ3) is 1.37. The van der Waals surface area contributed by atoms with E-state index in [1.165, 1.54) is 12.8 Å². The van der Waals surface area contributed by atoms with E-state index in [-0.39, 0.29) is 5.72 Å². The molecule has 4 aliphatic heterocycles. The maximum atomic E-state index is 6.21. The first-order valence-corrected chi connectivity index (χ1v) is 6.51. The first-order valence-electron chi connectivity index (χ1n) is 6.51. The summed E-state index contributed by atoms with van der Waals surface area (Å²) < 4.78 is 11.5. The lowest BCUT2D eigenvalue weighted by Gasteiger charge is -2.53. The molecule has 2 unspecified atom stereocenters. The van der Waals surface area contributed by atoms with Crippen molar-refractivity contribution in [2.75, 3.05) is 26.4 Å². The molecule has 0 aromatic carbocycles. The molecule has 0 aromatic heterocycles. The fourth-order valence-electron chi connectivity index (χ4n) is 3.68. The van der Waals surface area contributed by atoms with Crippen LogP contribution in [0.4, 0.5) is 0 Å². The maximum absolute atomic E-state index is 6.21. The molecule has 4 rings (SSSR count). The van der Waals surface area contributed by atoms with E-state index in [4.69, 9.17) is 9.47 Å². The zero-order chi connectivity index (χ0) is 10.6. The van der Waals surface area contributed by atoms with Crippen molar-refractivity contribution in [3.63, 3.8) is 0 Å². The topological polar surface area (TPSA) is 42.5 Å². The van der Waals surface area contributed by atoms with E-state index in [1.807, 2.05) is 0 Å². The second kappa shape index (κ2) is 3.19. The highest BCUT2D eigenvalue weighted by Gasteiger charge is 2.51. The Hall–Kier alpha value is -0.160. The molecule has 0 amide bonds. The van der Waals surface area contributed by atoms with Crippen LogP contribution < -0.4 is 10.6 Å². The molecule has 4 aliphatic rings. The lowest BCUT2D eigenvalue weighted by atomic mass is 9.83. The maximum Gasteiger partial charge on any atom is 0.122 e. The minimum Gasteiger partial charge on any atom is -0.380 e. The molecule has 4 heterocycles. The molecule has 2 atom stereocenters. The summed E-state index contributed by atoms with van der Waals surface area (Å²) in [5.41, 5.74) is 0.285. The number of ether oxygens (including phenoxy) is 2. The average Bonchev–Trinajstić information content (AvgIpc) is 2.58. The van der Waals surface area contributed by atoms with Crippen molar-refractivity contribution >= 4 is 0 Å². The van der Waals surface area contributed by atoms with Gasteiger partial charge >= 0.3 is 0 Å². The first-order chi connectivity index (χ1) is 7.78. The largest absolute Gasteiger partial charge is 0.380 e. The van der Waals surface area contributed by atoms with Crippen LogP contribution in [-0.2, 0) is 9.47 Å². The van der Waals surface area contributed by atoms with Crippen molar-refractivity contribution in [3.05, 3.63) is 0 Å². The molecule has 0 saturated carbocycles. The third-order valence-corrected chi connectivity index (χ3v) is 4.74. The third-order valence-electron chi connectivity index (χ3n) is 4.74. The van der Waals surface area contributed by atoms with E-state index in [1.54, 1.807) is 0 Å². The summed E-state index contributed by atoms with van der Waals surface area (Å²) >= 11 is 0. The van der Waals surface area contributed by atoms with Gasteiger partial charge in [-0.05, 0) is 12.8 Å². The number of piperidine rings is 1. The van der Waals surface area contributed by atoms with Crippen LogP contribution in [0.25, 0.3) is 0 Å². The summed E-state index contributed by atoms with van der Waals surface area (Å²) in [6.07, 6.45) is 4.93. The van der Waals surface area contributed by atoms with Gasteiger partial charge in [-0.2, -0.15) is 0 Å². The van der Waals surface area contributed by atoms with Crippen molar-refractivity contribution in [1.82, 2.24) is 10.6 Å². The Morgan fingerprint density at radius 2 is 1.75 bits per heavy atom. The van der Waals surface area contributed by atoms with E-state index < -0.39 is 0 Å². The molecule has 4 nitrogen and oxygen atoms in total. The Kier molecular flexibility index (Phi) is 1.96. The Morgan fingerprint density at radius 1 is 1.00 bits per heavy atom. The molecule has 0 aromatic rings. The van der Waals surface area contributed by atoms with Crippen LogP contribution in [0.5, 0.6) is 0 Å². The molecule has 4 saturated heterocycles. The summed E-state index contributed by atoms with van der Waals surface area (Å²) in [5.74, 6) is 0. The Balaban J connectivity index is 1.48. The molecular weight excluding hydrogens is 204 g/mol. The second-order valence-electron chi connectivity index (χ2n) is 6.18. The van der Waals surface area contributed by atoms with E-state index in [9.17, 15) is 0 Å². The van der Waals surface area contributed by atoms with Gasteiger partial charge in [-0.25, -0.2) is 0 Å². The molecule has 4 heteroatoms. The highest BCUT2D eigenvalue weighted by molar-refractivity contribution is 5.04. The zero-order valence-electron chi connectivity index (χ0n) is 9.63. The van der Waals surface area contributed by atoms with Crippen LogP contribution in [0.3, 0.4) is 0 Å². The van der Waals surface area contributed by atoms with E-state index in [0.717, 1.165) is 39.2 Å². The van der Waals surface area contributed by atoms with Gasteiger partial charge in [-0.1, -0.05) is 0 Å². The lowest BCUT2D eigenvalue weighted by Crippen LogP contribution is -2.68. The molecule has 16 heavy (non-hydrogen) atoms. The normalized spacial score (nSPS) is 49.5. The molecule has 4 fully saturated rings. The van der Waals surface area contributed by atoms with Crippen LogP contribution in [0.1, 0.15) is 25.7 Å². The van der Waals surface area contributed by atoms with Gasteiger partial charge in [0, 0.05) is 31.5 Å². The number of rotatable bonds is 0. The summed E-state index contributed by atoms with van der Waals surface area (Å²) in [7, 11) is 0. The standard InChI is InChI=1S/C12H20N2O2/c1-2-10-4-12(3-9(1)14-10)13-5-11(8-16-12)6-15-7-11/h9-10,13-14H,1-8H2.